The fourth-order valence-electron chi connectivity index (χ4n) is 3.33. The molecule has 198 valence electrons. The first-order valence-corrected chi connectivity index (χ1v) is 12.2. The zero-order valence-corrected chi connectivity index (χ0v) is 21.2. The summed E-state index contributed by atoms with van der Waals surface area (Å²) in [5.74, 6) is -1.40. The lowest BCUT2D eigenvalue weighted by Crippen LogP contribution is -2.26. The number of hydrogen-bond donors (Lipinski definition) is 1. The average molecular weight is 538 g/mol. The van der Waals surface area contributed by atoms with Crippen molar-refractivity contribution < 1.29 is 32.6 Å². The minimum Gasteiger partial charge on any atom is -0.480 e. The highest BCUT2D eigenvalue weighted by molar-refractivity contribution is 8.01. The largest absolute Gasteiger partial charge is 0.480 e. The second-order valence-corrected chi connectivity index (χ2v) is 10.4. The number of carboxylic acid groups (broad SMARTS) is 1. The topological polar surface area (TPSA) is 103 Å². The van der Waals surface area contributed by atoms with Crippen LogP contribution in [-0.2, 0) is 35.4 Å². The number of carbonyl (C=O) groups excluding carboxylic acids is 1. The fraction of sp³-hybridized carbons (Fsp3) is 0.360. The van der Waals surface area contributed by atoms with E-state index in [1.54, 1.807) is 26.0 Å². The number of rotatable bonds is 10. The van der Waals surface area contributed by atoms with Crippen LogP contribution in [0.15, 0.2) is 58.2 Å². The number of alkyl halides is 3. The van der Waals surface area contributed by atoms with E-state index in [-0.39, 0.29) is 24.5 Å². The number of ether oxygens (including phenoxy) is 1. The van der Waals surface area contributed by atoms with Crippen LogP contribution >= 0.6 is 11.8 Å². The molecule has 3 rings (SSSR count). The summed E-state index contributed by atoms with van der Waals surface area (Å²) in [6.07, 6.45) is -3.85. The summed E-state index contributed by atoms with van der Waals surface area (Å²) in [4.78, 5) is 37.3. The molecule has 0 unspecified atom stereocenters. The summed E-state index contributed by atoms with van der Waals surface area (Å²) < 4.78 is 45.2. The van der Waals surface area contributed by atoms with Crippen molar-refractivity contribution in [3.05, 3.63) is 81.5 Å². The zero-order chi connectivity index (χ0) is 27.4. The summed E-state index contributed by atoms with van der Waals surface area (Å²) >= 11 is 1.14. The van der Waals surface area contributed by atoms with Gasteiger partial charge < -0.3 is 9.84 Å². The highest BCUT2D eigenvalue weighted by atomic mass is 32.2. The van der Waals surface area contributed by atoms with Crippen LogP contribution in [0.5, 0.6) is 0 Å². The molecule has 0 bridgehead atoms. The third-order valence-electron chi connectivity index (χ3n) is 5.37. The summed E-state index contributed by atoms with van der Waals surface area (Å²) in [7, 11) is 0. The summed E-state index contributed by atoms with van der Waals surface area (Å²) in [6, 6.07) is 10.7. The standard InChI is InChI=1S/C25H26F3N3O5S/c1-4-13-30-20(29-31(23(30)35)14-16-5-9-18(10-6-16)25(26,27)28)15-36-21(32)17-7-11-19(12-8-17)37-24(2,3)22(33)34/h5-12H,4,13-15H2,1-3H3,(H,33,34). The molecule has 1 heterocycles. The average Bonchev–Trinajstić information content (AvgIpc) is 3.12. The maximum Gasteiger partial charge on any atom is 0.416 e. The zero-order valence-electron chi connectivity index (χ0n) is 20.4. The lowest BCUT2D eigenvalue weighted by molar-refractivity contribution is -0.139. The highest BCUT2D eigenvalue weighted by Gasteiger charge is 2.30. The van der Waals surface area contributed by atoms with Crippen LogP contribution in [0.25, 0.3) is 0 Å². The van der Waals surface area contributed by atoms with Gasteiger partial charge in [-0.15, -0.1) is 11.8 Å². The molecule has 0 fully saturated rings. The maximum atomic E-state index is 12.8. The monoisotopic (exact) mass is 537 g/mol. The number of thioether (sulfide) groups is 1. The molecule has 3 aromatic rings. The number of nitrogens with zero attached hydrogens (tertiary/aromatic N) is 3. The molecule has 0 saturated heterocycles. The first-order chi connectivity index (χ1) is 17.3. The molecule has 0 spiro atoms. The van der Waals surface area contributed by atoms with E-state index in [1.165, 1.54) is 28.8 Å². The fourth-order valence-corrected chi connectivity index (χ4v) is 4.28. The van der Waals surface area contributed by atoms with Gasteiger partial charge in [-0.25, -0.2) is 14.3 Å². The molecule has 0 atom stereocenters. The molecule has 0 radical (unpaired) electrons. The molecule has 1 N–H and O–H groups in total. The predicted molar refractivity (Wildman–Crippen MR) is 130 cm³/mol. The van der Waals surface area contributed by atoms with Crippen LogP contribution in [0.2, 0.25) is 0 Å². The van der Waals surface area contributed by atoms with E-state index < -0.39 is 34.1 Å². The van der Waals surface area contributed by atoms with Crippen molar-refractivity contribution in [3.8, 4) is 0 Å². The Labute approximate surface area is 215 Å². The summed E-state index contributed by atoms with van der Waals surface area (Å²) in [6.45, 7) is 5.02. The van der Waals surface area contributed by atoms with Crippen LogP contribution in [0.4, 0.5) is 13.2 Å². The van der Waals surface area contributed by atoms with Crippen LogP contribution < -0.4 is 5.69 Å². The van der Waals surface area contributed by atoms with Gasteiger partial charge in [-0.2, -0.15) is 18.3 Å². The third kappa shape index (κ3) is 7.03. The number of carboxylic acids is 1. The quantitative estimate of drug-likeness (QED) is 0.292. The summed E-state index contributed by atoms with van der Waals surface area (Å²) in [5, 5.41) is 13.5. The lowest BCUT2D eigenvalue weighted by Gasteiger charge is -2.18. The number of aliphatic carboxylic acids is 1. The van der Waals surface area contributed by atoms with Crippen molar-refractivity contribution in [3.63, 3.8) is 0 Å². The first-order valence-electron chi connectivity index (χ1n) is 11.3. The Hall–Kier alpha value is -3.54. The summed E-state index contributed by atoms with van der Waals surface area (Å²) in [5.41, 5.74) is -0.546. The number of benzene rings is 2. The van der Waals surface area contributed by atoms with Gasteiger partial charge in [0, 0.05) is 11.4 Å². The van der Waals surface area contributed by atoms with Crippen molar-refractivity contribution in [2.24, 2.45) is 0 Å². The van der Waals surface area contributed by atoms with E-state index in [0.717, 1.165) is 28.6 Å². The predicted octanol–water partition coefficient (Wildman–Crippen LogP) is 4.83. The lowest BCUT2D eigenvalue weighted by atomic mass is 10.1. The molecular formula is C25H26F3N3O5S. The smallest absolute Gasteiger partial charge is 0.416 e. The van der Waals surface area contributed by atoms with Crippen molar-refractivity contribution in [1.29, 1.82) is 0 Å². The van der Waals surface area contributed by atoms with Gasteiger partial charge in [0.05, 0.1) is 17.7 Å². The van der Waals surface area contributed by atoms with Gasteiger partial charge in [-0.3, -0.25) is 9.36 Å². The van der Waals surface area contributed by atoms with E-state index in [2.05, 4.69) is 5.10 Å². The molecule has 37 heavy (non-hydrogen) atoms. The molecule has 2 aromatic carbocycles. The van der Waals surface area contributed by atoms with Crippen molar-refractivity contribution in [2.45, 2.75) is 62.7 Å². The molecule has 0 aliphatic rings. The van der Waals surface area contributed by atoms with E-state index in [4.69, 9.17) is 4.74 Å². The second kappa shape index (κ2) is 11.2. The Morgan fingerprint density at radius 3 is 2.22 bits per heavy atom. The minimum absolute atomic E-state index is 0.0412. The normalized spacial score (nSPS) is 11.9. The van der Waals surface area contributed by atoms with E-state index in [9.17, 15) is 32.7 Å². The molecule has 0 saturated carbocycles. The number of carbonyl (C=O) groups is 2. The molecule has 0 amide bonds. The Bertz CT molecular complexity index is 1310. The van der Waals surface area contributed by atoms with Crippen molar-refractivity contribution in [2.75, 3.05) is 0 Å². The molecule has 0 aliphatic heterocycles. The van der Waals surface area contributed by atoms with Crippen molar-refractivity contribution >= 4 is 23.7 Å². The van der Waals surface area contributed by atoms with Gasteiger partial charge in [-0.1, -0.05) is 19.1 Å². The molecular weight excluding hydrogens is 511 g/mol. The number of esters is 1. The van der Waals surface area contributed by atoms with Gasteiger partial charge in [-0.05, 0) is 62.2 Å². The molecule has 12 heteroatoms. The Morgan fingerprint density at radius 2 is 1.68 bits per heavy atom. The Balaban J connectivity index is 1.71. The number of aromatic nitrogens is 3. The van der Waals surface area contributed by atoms with Gasteiger partial charge in [0.15, 0.2) is 12.4 Å². The SMILES string of the molecule is CCCn1c(COC(=O)c2ccc(SC(C)(C)C(=O)O)cc2)nn(Cc2ccc(C(F)(F)F)cc2)c1=O. The first kappa shape index (κ1) is 28.0. The van der Waals surface area contributed by atoms with Crippen LogP contribution in [0.1, 0.15) is 54.5 Å². The van der Waals surface area contributed by atoms with Crippen LogP contribution in [-0.4, -0.2) is 36.1 Å². The van der Waals surface area contributed by atoms with Crippen LogP contribution in [0, 0.1) is 0 Å². The third-order valence-corrected chi connectivity index (χ3v) is 6.56. The van der Waals surface area contributed by atoms with Crippen LogP contribution in [0.3, 0.4) is 0 Å². The van der Waals surface area contributed by atoms with Gasteiger partial charge in [0.2, 0.25) is 0 Å². The Morgan fingerprint density at radius 1 is 1.05 bits per heavy atom. The minimum atomic E-state index is -4.46. The van der Waals surface area contributed by atoms with Gasteiger partial charge >= 0.3 is 23.8 Å². The highest BCUT2D eigenvalue weighted by Crippen LogP contribution is 2.33. The van der Waals surface area contributed by atoms with Gasteiger partial charge in [0.1, 0.15) is 4.75 Å². The van der Waals surface area contributed by atoms with E-state index in [0.29, 0.717) is 23.4 Å². The van der Waals surface area contributed by atoms with E-state index >= 15 is 0 Å². The number of halogens is 3. The van der Waals surface area contributed by atoms with Crippen molar-refractivity contribution in [1.82, 2.24) is 14.3 Å². The molecule has 8 nitrogen and oxygen atoms in total. The maximum absolute atomic E-state index is 12.8. The number of hydrogen-bond acceptors (Lipinski definition) is 6. The second-order valence-electron chi connectivity index (χ2n) is 8.72. The molecule has 1 aromatic heterocycles. The van der Waals surface area contributed by atoms with E-state index in [1.807, 2.05) is 6.92 Å². The Kier molecular flexibility index (Phi) is 8.52. The molecule has 0 aliphatic carbocycles. The van der Waals surface area contributed by atoms with Gasteiger partial charge in [0.25, 0.3) is 0 Å².